The van der Waals surface area contributed by atoms with Crippen molar-refractivity contribution < 1.29 is 44.6 Å². The third-order valence-corrected chi connectivity index (χ3v) is 1.66. The predicted molar refractivity (Wildman–Crippen MR) is 32.9 cm³/mol. The van der Waals surface area contributed by atoms with E-state index in [0.717, 1.165) is 0 Å². The number of carboxylic acids is 1. The third-order valence-electron chi connectivity index (χ3n) is 1.66. The largest absolute Gasteiger partial charge is 1.00 e. The van der Waals surface area contributed by atoms with E-state index in [-0.39, 0.29) is 41.9 Å². The number of carboxylic acid groups (broad SMARTS) is 1. The molecule has 0 saturated carbocycles. The maximum absolute atomic E-state index is 10.0. The van der Waals surface area contributed by atoms with Gasteiger partial charge in [-0.05, 0) is 12.8 Å². The van der Waals surface area contributed by atoms with E-state index in [1.165, 1.54) is 0 Å². The molecule has 0 radical (unpaired) electrons. The Kier molecular flexibility index (Phi) is 5.01. The Hall–Kier alpha value is 0.170. The van der Waals surface area contributed by atoms with Crippen LogP contribution in [0.3, 0.4) is 0 Å². The van der Waals surface area contributed by atoms with Crippen LogP contribution in [0.1, 0.15) is 12.8 Å². The van der Waals surface area contributed by atoms with Crippen LogP contribution in [-0.2, 0) is 4.79 Å². The molecule has 11 heavy (non-hydrogen) atoms. The van der Waals surface area contributed by atoms with E-state index in [1.807, 2.05) is 0 Å². The first kappa shape index (κ1) is 11.2. The number of aliphatic carboxylic acids is 1. The molecule has 3 nitrogen and oxygen atoms in total. The average molecular weight is 164 g/mol. The zero-order valence-electron chi connectivity index (χ0n) is 6.49. The van der Waals surface area contributed by atoms with Gasteiger partial charge in [-0.1, -0.05) is 12.2 Å². The van der Waals surface area contributed by atoms with Gasteiger partial charge in [0.15, 0.2) is 0 Å². The summed E-state index contributed by atoms with van der Waals surface area (Å²) >= 11 is 0. The average Bonchev–Trinajstić information content (AvgIpc) is 2.15. The van der Waals surface area contributed by atoms with Crippen molar-refractivity contribution in [2.24, 2.45) is 5.92 Å². The molecule has 1 aliphatic carbocycles. The molecule has 1 aliphatic rings. The van der Waals surface area contributed by atoms with Crippen LogP contribution < -0.4 is 34.7 Å². The van der Waals surface area contributed by atoms with Crippen molar-refractivity contribution in [1.82, 2.24) is 0 Å². The molecule has 0 amide bonds. The van der Waals surface area contributed by atoms with Gasteiger partial charge in [-0.3, -0.25) is 0 Å². The van der Waals surface area contributed by atoms with Crippen molar-refractivity contribution in [2.75, 3.05) is 0 Å². The third kappa shape index (κ3) is 3.38. The van der Waals surface area contributed by atoms with Crippen LogP contribution >= 0.6 is 0 Å². The minimum atomic E-state index is -1.10. The Balaban J connectivity index is 0.000001000. The summed E-state index contributed by atoms with van der Waals surface area (Å²) in [5.74, 6) is -1.33. The number of hydrogen-bond acceptors (Lipinski definition) is 3. The molecule has 0 unspecified atom stereocenters. The van der Waals surface area contributed by atoms with Crippen LogP contribution in [0.15, 0.2) is 12.2 Å². The number of aliphatic hydroxyl groups excluding tert-OH is 1. The molecule has 0 aromatic rings. The van der Waals surface area contributed by atoms with Crippen molar-refractivity contribution >= 4 is 5.97 Å². The summed E-state index contributed by atoms with van der Waals surface area (Å²) < 4.78 is 0. The molecule has 0 fully saturated rings. The zero-order chi connectivity index (χ0) is 7.56. The molecule has 4 heteroatoms. The topological polar surface area (TPSA) is 60.4 Å². The van der Waals surface area contributed by atoms with Gasteiger partial charge in [-0.2, -0.15) is 0 Å². The SMILES string of the molecule is O=C([O-])C[C@@H]1C=CC[C@@H]1O.[Na+]. The Morgan fingerprint density at radius 3 is 2.73 bits per heavy atom. The minimum absolute atomic E-state index is 0. The second-order valence-corrected chi connectivity index (χ2v) is 2.47. The second-order valence-electron chi connectivity index (χ2n) is 2.47. The van der Waals surface area contributed by atoms with Gasteiger partial charge in [0.25, 0.3) is 0 Å². The van der Waals surface area contributed by atoms with Gasteiger partial charge in [0.2, 0.25) is 0 Å². The first-order chi connectivity index (χ1) is 4.70. The quantitative estimate of drug-likeness (QED) is 0.335. The second kappa shape index (κ2) is 4.93. The Morgan fingerprint density at radius 1 is 1.73 bits per heavy atom. The smallest absolute Gasteiger partial charge is 0.550 e. The van der Waals surface area contributed by atoms with E-state index in [4.69, 9.17) is 5.11 Å². The molecule has 0 bridgehead atoms. The van der Waals surface area contributed by atoms with E-state index >= 15 is 0 Å². The summed E-state index contributed by atoms with van der Waals surface area (Å²) in [4.78, 5) is 10.0. The monoisotopic (exact) mass is 164 g/mol. The minimum Gasteiger partial charge on any atom is -0.550 e. The number of carbonyl (C=O) groups is 1. The van der Waals surface area contributed by atoms with Gasteiger partial charge >= 0.3 is 29.6 Å². The van der Waals surface area contributed by atoms with Crippen LogP contribution in [0.2, 0.25) is 0 Å². The van der Waals surface area contributed by atoms with Gasteiger partial charge in [-0.25, -0.2) is 0 Å². The van der Waals surface area contributed by atoms with Crippen LogP contribution in [-0.4, -0.2) is 17.2 Å². The number of hydrogen-bond donors (Lipinski definition) is 1. The van der Waals surface area contributed by atoms with Gasteiger partial charge in [-0.15, -0.1) is 0 Å². The maximum atomic E-state index is 10.0. The molecule has 0 heterocycles. The molecular formula is C7H9NaO3. The molecule has 2 atom stereocenters. The first-order valence-electron chi connectivity index (χ1n) is 3.24. The molecule has 0 spiro atoms. The standard InChI is InChI=1S/C7H10O3.Na/c8-6-3-1-2-5(6)4-7(9)10;/h1-2,5-6,8H,3-4H2,(H,9,10);/q;+1/p-1/t5-,6-;/m0./s1. The van der Waals surface area contributed by atoms with Crippen LogP contribution in [0, 0.1) is 5.92 Å². The summed E-state index contributed by atoms with van der Waals surface area (Å²) in [6, 6.07) is 0. The van der Waals surface area contributed by atoms with Gasteiger partial charge in [0.1, 0.15) is 0 Å². The summed E-state index contributed by atoms with van der Waals surface area (Å²) in [6.07, 6.45) is 3.49. The predicted octanol–water partition coefficient (Wildman–Crippen LogP) is -3.93. The maximum Gasteiger partial charge on any atom is 1.00 e. The molecule has 0 aliphatic heterocycles. The molecule has 0 aromatic carbocycles. The van der Waals surface area contributed by atoms with E-state index in [9.17, 15) is 9.90 Å². The molecular weight excluding hydrogens is 155 g/mol. The van der Waals surface area contributed by atoms with E-state index in [2.05, 4.69) is 0 Å². The normalized spacial score (nSPS) is 28.1. The van der Waals surface area contributed by atoms with Crippen molar-refractivity contribution in [3.05, 3.63) is 12.2 Å². The number of carbonyl (C=O) groups excluding carboxylic acids is 1. The van der Waals surface area contributed by atoms with Crippen LogP contribution in [0.25, 0.3) is 0 Å². The van der Waals surface area contributed by atoms with Crippen molar-refractivity contribution in [2.45, 2.75) is 18.9 Å². The molecule has 56 valence electrons. The van der Waals surface area contributed by atoms with Crippen molar-refractivity contribution in [3.8, 4) is 0 Å². The fourth-order valence-electron chi connectivity index (χ4n) is 1.09. The zero-order valence-corrected chi connectivity index (χ0v) is 8.49. The van der Waals surface area contributed by atoms with Gasteiger partial charge < -0.3 is 15.0 Å². The summed E-state index contributed by atoms with van der Waals surface area (Å²) in [7, 11) is 0. The number of rotatable bonds is 2. The molecule has 1 N–H and O–H groups in total. The van der Waals surface area contributed by atoms with E-state index in [1.54, 1.807) is 12.2 Å². The van der Waals surface area contributed by atoms with Gasteiger partial charge in [0.05, 0.1) is 6.10 Å². The number of aliphatic hydroxyl groups is 1. The molecule has 1 rings (SSSR count). The Morgan fingerprint density at radius 2 is 2.36 bits per heavy atom. The summed E-state index contributed by atoms with van der Waals surface area (Å²) in [6.45, 7) is 0. The van der Waals surface area contributed by atoms with Crippen molar-refractivity contribution in [1.29, 1.82) is 0 Å². The van der Waals surface area contributed by atoms with Crippen LogP contribution in [0.5, 0.6) is 0 Å². The summed E-state index contributed by atoms with van der Waals surface area (Å²) in [5, 5.41) is 19.1. The van der Waals surface area contributed by atoms with E-state index < -0.39 is 12.1 Å². The molecule has 0 saturated heterocycles. The first-order valence-corrected chi connectivity index (χ1v) is 3.24. The Labute approximate surface area is 87.4 Å². The Bertz CT molecular complexity index is 167. The van der Waals surface area contributed by atoms with E-state index in [0.29, 0.717) is 6.42 Å². The summed E-state index contributed by atoms with van der Waals surface area (Å²) in [5.41, 5.74) is 0. The van der Waals surface area contributed by atoms with Gasteiger partial charge in [0, 0.05) is 11.9 Å². The fraction of sp³-hybridized carbons (Fsp3) is 0.571. The van der Waals surface area contributed by atoms with Crippen molar-refractivity contribution in [3.63, 3.8) is 0 Å². The molecule has 0 aromatic heterocycles. The fourth-order valence-corrected chi connectivity index (χ4v) is 1.09. The van der Waals surface area contributed by atoms with Crippen LogP contribution in [0.4, 0.5) is 0 Å².